The van der Waals surface area contributed by atoms with E-state index < -0.39 is 17.9 Å². The average Bonchev–Trinajstić information content (AvgIpc) is 2.74. The molecule has 7 heteroatoms. The van der Waals surface area contributed by atoms with Gasteiger partial charge in [-0.3, -0.25) is 19.9 Å². The first-order chi connectivity index (χ1) is 14.1. The van der Waals surface area contributed by atoms with Gasteiger partial charge in [0.25, 0.3) is 0 Å². The van der Waals surface area contributed by atoms with E-state index in [0.717, 1.165) is 5.56 Å². The third-order valence-electron chi connectivity index (χ3n) is 4.08. The van der Waals surface area contributed by atoms with Crippen LogP contribution < -0.4 is 15.4 Å². The van der Waals surface area contributed by atoms with E-state index in [4.69, 9.17) is 4.74 Å². The SMILES string of the molecule is O=C(C[C@@H](NCc1cccnc1)C(=O)O)Nc1ccc(Oc2ccccc2)cc1. The summed E-state index contributed by atoms with van der Waals surface area (Å²) >= 11 is 0. The number of nitrogens with one attached hydrogen (secondary N) is 2. The van der Waals surface area contributed by atoms with Gasteiger partial charge in [-0.05, 0) is 48.0 Å². The summed E-state index contributed by atoms with van der Waals surface area (Å²) < 4.78 is 5.70. The van der Waals surface area contributed by atoms with Crippen molar-refractivity contribution in [3.05, 3.63) is 84.7 Å². The molecular weight excluding hydrogens is 370 g/mol. The molecule has 2 aromatic carbocycles. The number of pyridine rings is 1. The van der Waals surface area contributed by atoms with Gasteiger partial charge in [-0.15, -0.1) is 0 Å². The molecular formula is C22H21N3O4. The van der Waals surface area contributed by atoms with Gasteiger partial charge < -0.3 is 15.2 Å². The molecule has 29 heavy (non-hydrogen) atoms. The molecule has 0 aliphatic rings. The van der Waals surface area contributed by atoms with Gasteiger partial charge in [0.05, 0.1) is 6.42 Å². The third-order valence-corrected chi connectivity index (χ3v) is 4.08. The standard InChI is InChI=1S/C22H21N3O4/c26-21(13-20(22(27)28)24-15-16-5-4-12-23-14-16)25-17-8-10-19(11-9-17)29-18-6-2-1-3-7-18/h1-12,14,20,24H,13,15H2,(H,25,26)(H,27,28)/t20-/m1/s1. The lowest BCUT2D eigenvalue weighted by atomic mass is 10.1. The van der Waals surface area contributed by atoms with Gasteiger partial charge in [-0.25, -0.2) is 0 Å². The zero-order chi connectivity index (χ0) is 20.5. The normalized spacial score (nSPS) is 11.4. The molecule has 0 aliphatic heterocycles. The van der Waals surface area contributed by atoms with E-state index >= 15 is 0 Å². The van der Waals surface area contributed by atoms with Crippen LogP contribution in [0.25, 0.3) is 0 Å². The van der Waals surface area contributed by atoms with Gasteiger partial charge in [0.15, 0.2) is 0 Å². The summed E-state index contributed by atoms with van der Waals surface area (Å²) in [6, 6.07) is 18.8. The van der Waals surface area contributed by atoms with Crippen molar-refractivity contribution in [3.63, 3.8) is 0 Å². The van der Waals surface area contributed by atoms with Crippen LogP contribution in [0.4, 0.5) is 5.69 Å². The lowest BCUT2D eigenvalue weighted by Gasteiger charge is -2.14. The van der Waals surface area contributed by atoms with E-state index in [9.17, 15) is 14.7 Å². The summed E-state index contributed by atoms with van der Waals surface area (Å²) in [5, 5.41) is 14.9. The number of anilines is 1. The summed E-state index contributed by atoms with van der Waals surface area (Å²) in [7, 11) is 0. The number of aromatic nitrogens is 1. The van der Waals surface area contributed by atoms with Crippen LogP contribution in [0.3, 0.4) is 0 Å². The fourth-order valence-corrected chi connectivity index (χ4v) is 2.62. The predicted octanol–water partition coefficient (Wildman–Crippen LogP) is 3.45. The van der Waals surface area contributed by atoms with Crippen LogP contribution in [0.15, 0.2) is 79.1 Å². The lowest BCUT2D eigenvalue weighted by molar-refractivity contribution is -0.141. The van der Waals surface area contributed by atoms with Crippen LogP contribution in [-0.2, 0) is 16.1 Å². The minimum Gasteiger partial charge on any atom is -0.480 e. The number of carboxylic acids is 1. The molecule has 0 radical (unpaired) electrons. The molecule has 7 nitrogen and oxygen atoms in total. The topological polar surface area (TPSA) is 101 Å². The minimum atomic E-state index is -1.09. The van der Waals surface area contributed by atoms with Crippen LogP contribution in [0.2, 0.25) is 0 Å². The number of ether oxygens (including phenoxy) is 1. The smallest absolute Gasteiger partial charge is 0.321 e. The van der Waals surface area contributed by atoms with Crippen molar-refractivity contribution in [3.8, 4) is 11.5 Å². The molecule has 0 fully saturated rings. The van der Waals surface area contributed by atoms with Crippen molar-refractivity contribution in [1.82, 2.24) is 10.3 Å². The zero-order valence-electron chi connectivity index (χ0n) is 15.6. The zero-order valence-corrected chi connectivity index (χ0v) is 15.6. The summed E-state index contributed by atoms with van der Waals surface area (Å²) in [5.41, 5.74) is 1.40. The number of para-hydroxylation sites is 1. The molecule has 0 saturated carbocycles. The Balaban J connectivity index is 1.52. The number of hydrogen-bond donors (Lipinski definition) is 3. The third kappa shape index (κ3) is 6.44. The van der Waals surface area contributed by atoms with Gasteiger partial charge in [-0.2, -0.15) is 0 Å². The number of hydrogen-bond acceptors (Lipinski definition) is 5. The number of carbonyl (C=O) groups excluding carboxylic acids is 1. The second-order valence-electron chi connectivity index (χ2n) is 6.32. The van der Waals surface area contributed by atoms with Gasteiger partial charge in [0, 0.05) is 24.6 Å². The molecule has 148 valence electrons. The van der Waals surface area contributed by atoms with E-state index in [-0.39, 0.29) is 6.42 Å². The monoisotopic (exact) mass is 391 g/mol. The fraction of sp³-hybridized carbons (Fsp3) is 0.136. The van der Waals surface area contributed by atoms with Gasteiger partial charge >= 0.3 is 5.97 Å². The maximum Gasteiger partial charge on any atom is 0.321 e. The molecule has 0 unspecified atom stereocenters. The van der Waals surface area contributed by atoms with Crippen molar-refractivity contribution >= 4 is 17.6 Å². The highest BCUT2D eigenvalue weighted by atomic mass is 16.5. The fourth-order valence-electron chi connectivity index (χ4n) is 2.62. The second-order valence-corrected chi connectivity index (χ2v) is 6.32. The van der Waals surface area contributed by atoms with Crippen molar-refractivity contribution in [2.45, 2.75) is 19.0 Å². The number of carbonyl (C=O) groups is 2. The first-order valence-corrected chi connectivity index (χ1v) is 9.08. The molecule has 1 aromatic heterocycles. The van der Waals surface area contributed by atoms with Crippen LogP contribution in [0.1, 0.15) is 12.0 Å². The van der Waals surface area contributed by atoms with E-state index in [1.54, 1.807) is 42.7 Å². The minimum absolute atomic E-state index is 0.197. The van der Waals surface area contributed by atoms with Gasteiger partial charge in [0.2, 0.25) is 5.91 Å². The van der Waals surface area contributed by atoms with Crippen LogP contribution in [0, 0.1) is 0 Å². The maximum atomic E-state index is 12.3. The van der Waals surface area contributed by atoms with Crippen molar-refractivity contribution < 1.29 is 19.4 Å². The average molecular weight is 391 g/mol. The summed E-state index contributed by atoms with van der Waals surface area (Å²) in [4.78, 5) is 27.7. The predicted molar refractivity (Wildman–Crippen MR) is 109 cm³/mol. The lowest BCUT2D eigenvalue weighted by Crippen LogP contribution is -2.39. The Hall–Kier alpha value is -3.71. The largest absolute Gasteiger partial charge is 0.480 e. The molecule has 0 aliphatic carbocycles. The number of benzene rings is 2. The number of amides is 1. The molecule has 1 heterocycles. The highest BCUT2D eigenvalue weighted by molar-refractivity contribution is 5.94. The Bertz CT molecular complexity index is 931. The van der Waals surface area contributed by atoms with E-state index in [1.807, 2.05) is 36.4 Å². The summed E-state index contributed by atoms with van der Waals surface area (Å²) in [5.74, 6) is -0.132. The van der Waals surface area contributed by atoms with E-state index in [2.05, 4.69) is 15.6 Å². The number of aliphatic carboxylic acids is 1. The van der Waals surface area contributed by atoms with Crippen LogP contribution >= 0.6 is 0 Å². The van der Waals surface area contributed by atoms with E-state index in [0.29, 0.717) is 23.7 Å². The van der Waals surface area contributed by atoms with Crippen LogP contribution in [-0.4, -0.2) is 28.0 Å². The van der Waals surface area contributed by atoms with Crippen LogP contribution in [0.5, 0.6) is 11.5 Å². The van der Waals surface area contributed by atoms with E-state index in [1.165, 1.54) is 0 Å². The number of carboxylic acid groups (broad SMARTS) is 1. The molecule has 1 amide bonds. The van der Waals surface area contributed by atoms with Crippen molar-refractivity contribution in [2.75, 3.05) is 5.32 Å². The summed E-state index contributed by atoms with van der Waals surface area (Å²) in [6.45, 7) is 0.309. The Labute approximate surface area is 168 Å². The Kier molecular flexibility index (Phi) is 6.91. The molecule has 3 rings (SSSR count). The maximum absolute atomic E-state index is 12.3. The molecule has 3 aromatic rings. The molecule has 0 saturated heterocycles. The molecule has 3 N–H and O–H groups in total. The molecule has 0 spiro atoms. The highest BCUT2D eigenvalue weighted by Gasteiger charge is 2.20. The second kappa shape index (κ2) is 10.0. The Morgan fingerprint density at radius 3 is 2.34 bits per heavy atom. The van der Waals surface area contributed by atoms with Gasteiger partial charge in [0.1, 0.15) is 17.5 Å². The highest BCUT2D eigenvalue weighted by Crippen LogP contribution is 2.22. The van der Waals surface area contributed by atoms with Crippen molar-refractivity contribution in [1.29, 1.82) is 0 Å². The molecule has 0 bridgehead atoms. The number of rotatable bonds is 9. The Morgan fingerprint density at radius 2 is 1.69 bits per heavy atom. The molecule has 1 atom stereocenters. The quantitative estimate of drug-likeness (QED) is 0.517. The number of nitrogens with zero attached hydrogens (tertiary/aromatic N) is 1. The van der Waals surface area contributed by atoms with Crippen molar-refractivity contribution in [2.24, 2.45) is 0 Å². The van der Waals surface area contributed by atoms with Gasteiger partial charge in [-0.1, -0.05) is 24.3 Å². The first kappa shape index (κ1) is 20.0. The summed E-state index contributed by atoms with van der Waals surface area (Å²) in [6.07, 6.45) is 3.09. The first-order valence-electron chi connectivity index (χ1n) is 9.08. The Morgan fingerprint density at radius 1 is 0.966 bits per heavy atom.